The molecule has 2 unspecified atom stereocenters. The van der Waals surface area contributed by atoms with Gasteiger partial charge in [0.15, 0.2) is 0 Å². The van der Waals surface area contributed by atoms with E-state index in [1.165, 1.54) is 19.5 Å². The number of rotatable bonds is 8. The Morgan fingerprint density at radius 2 is 2.10 bits per heavy atom. The summed E-state index contributed by atoms with van der Waals surface area (Å²) in [5.74, 6) is 0. The van der Waals surface area contributed by atoms with Crippen molar-refractivity contribution in [2.24, 2.45) is 0 Å². The Hall–Kier alpha value is -0.200. The third kappa shape index (κ3) is 4.97. The SMILES string of the molecule is CCCNC(CCO)CN1CCC(N2CCOCC2)C1. The van der Waals surface area contributed by atoms with Gasteiger partial charge < -0.3 is 20.1 Å². The van der Waals surface area contributed by atoms with E-state index in [2.05, 4.69) is 22.0 Å². The van der Waals surface area contributed by atoms with Crippen LogP contribution in [0.4, 0.5) is 0 Å². The zero-order valence-corrected chi connectivity index (χ0v) is 12.9. The third-order valence-electron chi connectivity index (χ3n) is 4.45. The summed E-state index contributed by atoms with van der Waals surface area (Å²) in [6.07, 6.45) is 3.29. The molecule has 2 heterocycles. The molecular formula is C15H31N3O2. The maximum Gasteiger partial charge on any atom is 0.0594 e. The number of hydrogen-bond acceptors (Lipinski definition) is 5. The summed E-state index contributed by atoms with van der Waals surface area (Å²) in [6.45, 7) is 10.9. The van der Waals surface area contributed by atoms with Crippen molar-refractivity contribution in [2.45, 2.75) is 38.3 Å². The molecule has 2 rings (SSSR count). The molecule has 2 saturated heterocycles. The fourth-order valence-electron chi connectivity index (χ4n) is 3.29. The highest BCUT2D eigenvalue weighted by Crippen LogP contribution is 2.17. The van der Waals surface area contributed by atoms with Crippen molar-refractivity contribution in [1.82, 2.24) is 15.1 Å². The Kier molecular flexibility index (Phi) is 7.24. The molecule has 0 radical (unpaired) electrons. The summed E-state index contributed by atoms with van der Waals surface area (Å²) in [4.78, 5) is 5.15. The highest BCUT2D eigenvalue weighted by atomic mass is 16.5. The Bertz CT molecular complexity index is 260. The van der Waals surface area contributed by atoms with E-state index in [1.54, 1.807) is 0 Å². The molecule has 0 aromatic heterocycles. The van der Waals surface area contributed by atoms with E-state index < -0.39 is 0 Å². The standard InChI is InChI=1S/C15H31N3O2/c1-2-5-16-14(4-9-19)12-17-6-3-15(13-17)18-7-10-20-11-8-18/h14-16,19H,2-13H2,1H3. The van der Waals surface area contributed by atoms with Gasteiger partial charge in [-0.1, -0.05) is 6.92 Å². The maximum atomic E-state index is 9.19. The number of nitrogens with zero attached hydrogens (tertiary/aromatic N) is 2. The van der Waals surface area contributed by atoms with Gasteiger partial charge in [0.1, 0.15) is 0 Å². The first kappa shape index (κ1) is 16.2. The second-order valence-electron chi connectivity index (χ2n) is 6.01. The van der Waals surface area contributed by atoms with E-state index in [0.717, 1.165) is 52.2 Å². The molecule has 5 nitrogen and oxygen atoms in total. The summed E-state index contributed by atoms with van der Waals surface area (Å²) in [7, 11) is 0. The number of ether oxygens (including phenoxy) is 1. The fraction of sp³-hybridized carbons (Fsp3) is 1.00. The first-order chi connectivity index (χ1) is 9.83. The van der Waals surface area contributed by atoms with E-state index in [9.17, 15) is 5.11 Å². The number of hydrogen-bond donors (Lipinski definition) is 2. The van der Waals surface area contributed by atoms with E-state index in [1.807, 2.05) is 0 Å². The molecule has 0 saturated carbocycles. The lowest BCUT2D eigenvalue weighted by Crippen LogP contribution is -2.46. The molecule has 2 fully saturated rings. The average molecular weight is 285 g/mol. The summed E-state index contributed by atoms with van der Waals surface area (Å²) >= 11 is 0. The molecule has 20 heavy (non-hydrogen) atoms. The highest BCUT2D eigenvalue weighted by molar-refractivity contribution is 4.86. The van der Waals surface area contributed by atoms with E-state index >= 15 is 0 Å². The second-order valence-corrected chi connectivity index (χ2v) is 6.01. The van der Waals surface area contributed by atoms with Crippen LogP contribution < -0.4 is 5.32 Å². The van der Waals surface area contributed by atoms with Gasteiger partial charge in [0.05, 0.1) is 13.2 Å². The minimum atomic E-state index is 0.280. The monoisotopic (exact) mass is 285 g/mol. The Balaban J connectivity index is 1.72. The molecule has 118 valence electrons. The van der Waals surface area contributed by atoms with Crippen molar-refractivity contribution in [2.75, 3.05) is 59.1 Å². The van der Waals surface area contributed by atoms with Crippen molar-refractivity contribution in [1.29, 1.82) is 0 Å². The maximum absolute atomic E-state index is 9.19. The molecule has 0 spiro atoms. The van der Waals surface area contributed by atoms with Gasteiger partial charge in [-0.3, -0.25) is 4.90 Å². The minimum absolute atomic E-state index is 0.280. The van der Waals surface area contributed by atoms with Crippen molar-refractivity contribution < 1.29 is 9.84 Å². The van der Waals surface area contributed by atoms with Crippen LogP contribution in [0, 0.1) is 0 Å². The van der Waals surface area contributed by atoms with Crippen molar-refractivity contribution in [3.63, 3.8) is 0 Å². The molecule has 0 bridgehead atoms. The third-order valence-corrected chi connectivity index (χ3v) is 4.45. The molecule has 2 aliphatic rings. The Labute approximate surface area is 123 Å². The average Bonchev–Trinajstić information content (AvgIpc) is 2.94. The smallest absolute Gasteiger partial charge is 0.0594 e. The van der Waals surface area contributed by atoms with Crippen LogP contribution in [0.25, 0.3) is 0 Å². The lowest BCUT2D eigenvalue weighted by Gasteiger charge is -2.32. The number of likely N-dealkylation sites (tertiary alicyclic amines) is 1. The molecule has 2 N–H and O–H groups in total. The quantitative estimate of drug-likeness (QED) is 0.664. The second kappa shape index (κ2) is 8.95. The molecule has 0 aliphatic carbocycles. The van der Waals surface area contributed by atoms with Gasteiger partial charge in [-0.15, -0.1) is 0 Å². The van der Waals surface area contributed by atoms with Crippen LogP contribution >= 0.6 is 0 Å². The number of morpholine rings is 1. The molecule has 0 aromatic carbocycles. The predicted molar refractivity (Wildman–Crippen MR) is 81.0 cm³/mol. The van der Waals surface area contributed by atoms with Gasteiger partial charge in [0.2, 0.25) is 0 Å². The lowest BCUT2D eigenvalue weighted by molar-refractivity contribution is 0.0183. The van der Waals surface area contributed by atoms with Gasteiger partial charge in [-0.25, -0.2) is 0 Å². The fourth-order valence-corrected chi connectivity index (χ4v) is 3.29. The molecule has 2 aliphatic heterocycles. The first-order valence-corrected chi connectivity index (χ1v) is 8.22. The van der Waals surface area contributed by atoms with Gasteiger partial charge >= 0.3 is 0 Å². The number of nitrogens with one attached hydrogen (secondary N) is 1. The van der Waals surface area contributed by atoms with Crippen LogP contribution in [0.1, 0.15) is 26.2 Å². The highest BCUT2D eigenvalue weighted by Gasteiger charge is 2.29. The normalized spacial score (nSPS) is 27.0. The van der Waals surface area contributed by atoms with Crippen LogP contribution in [0.2, 0.25) is 0 Å². The summed E-state index contributed by atoms with van der Waals surface area (Å²) < 4.78 is 5.43. The summed E-state index contributed by atoms with van der Waals surface area (Å²) in [5, 5.41) is 12.7. The van der Waals surface area contributed by atoms with Crippen LogP contribution in [0.15, 0.2) is 0 Å². The van der Waals surface area contributed by atoms with Crippen molar-refractivity contribution >= 4 is 0 Å². The van der Waals surface area contributed by atoms with E-state index in [4.69, 9.17) is 4.74 Å². The topological polar surface area (TPSA) is 48.0 Å². The zero-order chi connectivity index (χ0) is 14.2. The van der Waals surface area contributed by atoms with Crippen LogP contribution in [-0.2, 0) is 4.74 Å². The van der Waals surface area contributed by atoms with Gasteiger partial charge in [-0.05, 0) is 32.4 Å². The summed E-state index contributed by atoms with van der Waals surface area (Å²) in [6, 6.07) is 1.14. The van der Waals surface area contributed by atoms with Crippen molar-refractivity contribution in [3.05, 3.63) is 0 Å². The van der Waals surface area contributed by atoms with Gasteiger partial charge in [0.25, 0.3) is 0 Å². The minimum Gasteiger partial charge on any atom is -0.396 e. The molecule has 2 atom stereocenters. The molecule has 0 aromatic rings. The van der Waals surface area contributed by atoms with Gasteiger partial charge in [-0.2, -0.15) is 0 Å². The van der Waals surface area contributed by atoms with Crippen molar-refractivity contribution in [3.8, 4) is 0 Å². The summed E-state index contributed by atoms with van der Waals surface area (Å²) in [5.41, 5.74) is 0. The predicted octanol–water partition coefficient (Wildman–Crippen LogP) is 0.144. The Morgan fingerprint density at radius 1 is 1.30 bits per heavy atom. The van der Waals surface area contributed by atoms with Crippen LogP contribution in [0.5, 0.6) is 0 Å². The molecular weight excluding hydrogens is 254 g/mol. The van der Waals surface area contributed by atoms with E-state index in [-0.39, 0.29) is 6.61 Å². The number of aliphatic hydroxyl groups excluding tert-OH is 1. The zero-order valence-electron chi connectivity index (χ0n) is 12.9. The lowest BCUT2D eigenvalue weighted by atomic mass is 10.2. The first-order valence-electron chi connectivity index (χ1n) is 8.22. The number of aliphatic hydroxyl groups is 1. The van der Waals surface area contributed by atoms with Crippen LogP contribution in [0.3, 0.4) is 0 Å². The molecule has 0 amide bonds. The Morgan fingerprint density at radius 3 is 2.80 bits per heavy atom. The van der Waals surface area contributed by atoms with E-state index in [0.29, 0.717) is 12.1 Å². The molecule has 5 heteroatoms. The van der Waals surface area contributed by atoms with Crippen LogP contribution in [-0.4, -0.2) is 86.1 Å². The largest absolute Gasteiger partial charge is 0.396 e. The van der Waals surface area contributed by atoms with Gasteiger partial charge in [0, 0.05) is 44.9 Å².